The summed E-state index contributed by atoms with van der Waals surface area (Å²) in [7, 11) is 0. The SMILES string of the molecule is Cc1cccn2c(=O)cc(COC(=O)CC3CC4CCC3C4)nc12. The average molecular weight is 326 g/mol. The highest BCUT2D eigenvalue weighted by Crippen LogP contribution is 2.49. The molecule has 0 aliphatic heterocycles. The Hall–Kier alpha value is -2.17. The molecule has 0 spiro atoms. The van der Waals surface area contributed by atoms with Crippen molar-refractivity contribution in [2.75, 3.05) is 0 Å². The maximum Gasteiger partial charge on any atom is 0.306 e. The number of aromatic nitrogens is 2. The molecule has 0 saturated heterocycles. The lowest BCUT2D eigenvalue weighted by Gasteiger charge is -2.20. The first kappa shape index (κ1) is 15.4. The van der Waals surface area contributed by atoms with E-state index in [1.165, 1.54) is 36.2 Å². The minimum atomic E-state index is -0.167. The summed E-state index contributed by atoms with van der Waals surface area (Å²) in [5.74, 6) is 1.87. The Labute approximate surface area is 140 Å². The molecule has 3 unspecified atom stereocenters. The summed E-state index contributed by atoms with van der Waals surface area (Å²) in [5, 5.41) is 0. The van der Waals surface area contributed by atoms with Gasteiger partial charge in [0.05, 0.1) is 5.69 Å². The Bertz CT molecular complexity index is 842. The van der Waals surface area contributed by atoms with Gasteiger partial charge in [-0.25, -0.2) is 4.98 Å². The molecule has 0 N–H and O–H groups in total. The Morgan fingerprint density at radius 2 is 2.25 bits per heavy atom. The van der Waals surface area contributed by atoms with Crippen LogP contribution < -0.4 is 5.56 Å². The lowest BCUT2D eigenvalue weighted by Crippen LogP contribution is -2.19. The Morgan fingerprint density at radius 1 is 1.38 bits per heavy atom. The predicted molar refractivity (Wildman–Crippen MR) is 89.6 cm³/mol. The molecule has 24 heavy (non-hydrogen) atoms. The number of aryl methyl sites for hydroxylation is 1. The van der Waals surface area contributed by atoms with E-state index in [9.17, 15) is 9.59 Å². The maximum absolute atomic E-state index is 12.1. The zero-order valence-corrected chi connectivity index (χ0v) is 13.9. The molecule has 0 amide bonds. The molecule has 126 valence electrons. The molecule has 5 heteroatoms. The van der Waals surface area contributed by atoms with Crippen LogP contribution in [-0.4, -0.2) is 15.4 Å². The third kappa shape index (κ3) is 2.83. The van der Waals surface area contributed by atoms with Gasteiger partial charge in [0.25, 0.3) is 5.56 Å². The molecular weight excluding hydrogens is 304 g/mol. The standard InChI is InChI=1S/C19H22N2O3/c1-12-3-2-6-21-17(22)10-16(20-19(12)21)11-24-18(23)9-15-8-13-4-5-14(15)7-13/h2-3,6,10,13-15H,4-5,7-9,11H2,1H3. The first-order chi connectivity index (χ1) is 11.6. The van der Waals surface area contributed by atoms with Gasteiger partial charge in [0, 0.05) is 18.7 Å². The molecule has 2 fully saturated rings. The van der Waals surface area contributed by atoms with Crippen LogP contribution >= 0.6 is 0 Å². The van der Waals surface area contributed by atoms with Crippen LogP contribution in [0.1, 0.15) is 43.4 Å². The number of esters is 1. The van der Waals surface area contributed by atoms with Gasteiger partial charge in [0.15, 0.2) is 0 Å². The van der Waals surface area contributed by atoms with Gasteiger partial charge < -0.3 is 4.74 Å². The minimum Gasteiger partial charge on any atom is -0.459 e. The van der Waals surface area contributed by atoms with Crippen molar-refractivity contribution in [2.45, 2.75) is 45.6 Å². The topological polar surface area (TPSA) is 60.7 Å². The summed E-state index contributed by atoms with van der Waals surface area (Å²) in [6, 6.07) is 5.17. The normalized spacial score (nSPS) is 25.3. The molecule has 2 bridgehead atoms. The van der Waals surface area contributed by atoms with Crippen LogP contribution in [-0.2, 0) is 16.1 Å². The van der Waals surface area contributed by atoms with E-state index >= 15 is 0 Å². The van der Waals surface area contributed by atoms with Gasteiger partial charge in [0.1, 0.15) is 12.3 Å². The van der Waals surface area contributed by atoms with Crippen LogP contribution in [0.2, 0.25) is 0 Å². The van der Waals surface area contributed by atoms with E-state index < -0.39 is 0 Å². The van der Waals surface area contributed by atoms with Crippen molar-refractivity contribution in [3.05, 3.63) is 46.0 Å². The van der Waals surface area contributed by atoms with Gasteiger partial charge in [-0.3, -0.25) is 14.0 Å². The van der Waals surface area contributed by atoms with Crippen molar-refractivity contribution in [3.63, 3.8) is 0 Å². The van der Waals surface area contributed by atoms with E-state index in [0.29, 0.717) is 29.6 Å². The predicted octanol–water partition coefficient (Wildman–Crippen LogP) is 2.87. The fourth-order valence-electron chi connectivity index (χ4n) is 4.44. The fraction of sp³-hybridized carbons (Fsp3) is 0.526. The second-order valence-electron chi connectivity index (χ2n) is 7.27. The molecule has 5 nitrogen and oxygen atoms in total. The number of carbonyl (C=O) groups excluding carboxylic acids is 1. The van der Waals surface area contributed by atoms with E-state index in [1.807, 2.05) is 19.1 Å². The van der Waals surface area contributed by atoms with Gasteiger partial charge in [-0.05, 0) is 55.6 Å². The summed E-state index contributed by atoms with van der Waals surface area (Å²) >= 11 is 0. The van der Waals surface area contributed by atoms with Crippen molar-refractivity contribution in [1.29, 1.82) is 0 Å². The number of carbonyl (C=O) groups is 1. The lowest BCUT2D eigenvalue weighted by molar-refractivity contribution is -0.146. The van der Waals surface area contributed by atoms with Crippen molar-refractivity contribution in [3.8, 4) is 0 Å². The van der Waals surface area contributed by atoms with Crippen LogP contribution in [0.15, 0.2) is 29.2 Å². The zero-order valence-electron chi connectivity index (χ0n) is 13.9. The number of pyridine rings is 1. The van der Waals surface area contributed by atoms with Gasteiger partial charge >= 0.3 is 5.97 Å². The highest BCUT2D eigenvalue weighted by molar-refractivity contribution is 5.69. The highest BCUT2D eigenvalue weighted by atomic mass is 16.5. The summed E-state index contributed by atoms with van der Waals surface area (Å²) in [5.41, 5.74) is 1.90. The van der Waals surface area contributed by atoms with Crippen LogP contribution in [0.25, 0.3) is 5.65 Å². The van der Waals surface area contributed by atoms with Crippen LogP contribution in [0.3, 0.4) is 0 Å². The smallest absolute Gasteiger partial charge is 0.306 e. The first-order valence-electron chi connectivity index (χ1n) is 8.73. The van der Waals surface area contributed by atoms with Gasteiger partial charge in [0.2, 0.25) is 0 Å². The number of nitrogens with zero attached hydrogens (tertiary/aromatic N) is 2. The zero-order chi connectivity index (χ0) is 16.7. The van der Waals surface area contributed by atoms with Crippen LogP contribution in [0.4, 0.5) is 0 Å². The quantitative estimate of drug-likeness (QED) is 0.811. The third-order valence-corrected chi connectivity index (χ3v) is 5.63. The molecule has 3 atom stereocenters. The summed E-state index contributed by atoms with van der Waals surface area (Å²) in [6.07, 6.45) is 7.27. The first-order valence-corrected chi connectivity index (χ1v) is 8.73. The van der Waals surface area contributed by atoms with E-state index in [0.717, 1.165) is 11.5 Å². The summed E-state index contributed by atoms with van der Waals surface area (Å²) in [4.78, 5) is 28.7. The third-order valence-electron chi connectivity index (χ3n) is 5.63. The van der Waals surface area contributed by atoms with Gasteiger partial charge in [-0.2, -0.15) is 0 Å². The van der Waals surface area contributed by atoms with Gasteiger partial charge in [-0.1, -0.05) is 12.5 Å². The number of ether oxygens (including phenoxy) is 1. The second kappa shape index (κ2) is 6.04. The summed E-state index contributed by atoms with van der Waals surface area (Å²) < 4.78 is 6.90. The van der Waals surface area contributed by atoms with E-state index in [2.05, 4.69) is 4.98 Å². The molecule has 2 heterocycles. The Balaban J connectivity index is 1.42. The Morgan fingerprint density at radius 3 is 3.00 bits per heavy atom. The molecular formula is C19H22N2O3. The largest absolute Gasteiger partial charge is 0.459 e. The molecule has 2 aromatic heterocycles. The number of rotatable bonds is 4. The monoisotopic (exact) mass is 326 g/mol. The molecule has 0 radical (unpaired) electrons. The van der Waals surface area contributed by atoms with Crippen molar-refractivity contribution >= 4 is 11.6 Å². The Kier molecular flexibility index (Phi) is 3.87. The number of hydrogen-bond acceptors (Lipinski definition) is 4. The number of hydrogen-bond donors (Lipinski definition) is 0. The van der Waals surface area contributed by atoms with Crippen molar-refractivity contribution in [2.24, 2.45) is 17.8 Å². The van der Waals surface area contributed by atoms with Gasteiger partial charge in [-0.15, -0.1) is 0 Å². The fourth-order valence-corrected chi connectivity index (χ4v) is 4.44. The minimum absolute atomic E-state index is 0.0692. The lowest BCUT2D eigenvalue weighted by atomic mass is 9.86. The molecule has 2 aromatic rings. The molecule has 0 aromatic carbocycles. The highest BCUT2D eigenvalue weighted by Gasteiger charge is 2.40. The average Bonchev–Trinajstić information content (AvgIpc) is 3.17. The van der Waals surface area contributed by atoms with Crippen molar-refractivity contribution < 1.29 is 9.53 Å². The molecule has 4 rings (SSSR count). The number of fused-ring (bicyclic) bond motifs is 3. The molecule has 2 saturated carbocycles. The summed E-state index contributed by atoms with van der Waals surface area (Å²) in [6.45, 7) is 1.98. The second-order valence-corrected chi connectivity index (χ2v) is 7.27. The van der Waals surface area contributed by atoms with Crippen LogP contribution in [0.5, 0.6) is 0 Å². The van der Waals surface area contributed by atoms with E-state index in [4.69, 9.17) is 4.74 Å². The molecule has 2 aliphatic carbocycles. The maximum atomic E-state index is 12.1. The van der Waals surface area contributed by atoms with E-state index in [1.54, 1.807) is 6.20 Å². The van der Waals surface area contributed by atoms with Crippen molar-refractivity contribution in [1.82, 2.24) is 9.38 Å². The molecule has 2 aliphatic rings. The van der Waals surface area contributed by atoms with Crippen LogP contribution in [0, 0.1) is 24.7 Å². The van der Waals surface area contributed by atoms with E-state index in [-0.39, 0.29) is 18.1 Å².